The van der Waals surface area contributed by atoms with Gasteiger partial charge in [0.05, 0.1) is 0 Å². The molecular formula is C18H30IN5S. The van der Waals surface area contributed by atoms with Crippen molar-refractivity contribution in [3.05, 3.63) is 29.3 Å². The zero-order valence-electron chi connectivity index (χ0n) is 15.4. The highest BCUT2D eigenvalue weighted by molar-refractivity contribution is 14.0. The Hall–Kier alpha value is -0.510. The minimum absolute atomic E-state index is 0. The Balaban J connectivity index is 0.00000225. The second-order valence-electron chi connectivity index (χ2n) is 6.61. The van der Waals surface area contributed by atoms with Gasteiger partial charge in [0.2, 0.25) is 0 Å². The first-order chi connectivity index (χ1) is 11.7. The monoisotopic (exact) mass is 475 g/mol. The van der Waals surface area contributed by atoms with Gasteiger partial charge < -0.3 is 10.6 Å². The standard InChI is InChI=1S/C18H29N5S.HI/c1-14-4-5-15(17(10-14)24-3)11-20-18(19-2)21-12-16-13-22-6-8-23(16)9-7-22;/h4-5,10,16H,6-9,11-13H2,1-3H3,(H2,19,20,21);1H. The number of aliphatic imine (C=N–C) groups is 1. The summed E-state index contributed by atoms with van der Waals surface area (Å²) in [6.07, 6.45) is 2.13. The molecule has 2 N–H and O–H groups in total. The van der Waals surface area contributed by atoms with Crippen LogP contribution in [0.4, 0.5) is 0 Å². The van der Waals surface area contributed by atoms with Gasteiger partial charge in [-0.15, -0.1) is 35.7 Å². The van der Waals surface area contributed by atoms with Crippen LogP contribution in [0.2, 0.25) is 0 Å². The topological polar surface area (TPSA) is 42.9 Å². The molecule has 7 heteroatoms. The van der Waals surface area contributed by atoms with Crippen molar-refractivity contribution in [3.63, 3.8) is 0 Å². The highest BCUT2D eigenvalue weighted by atomic mass is 127. The van der Waals surface area contributed by atoms with Crippen LogP contribution in [0.25, 0.3) is 0 Å². The van der Waals surface area contributed by atoms with E-state index in [0.29, 0.717) is 6.04 Å². The van der Waals surface area contributed by atoms with Gasteiger partial charge >= 0.3 is 0 Å². The van der Waals surface area contributed by atoms with Gasteiger partial charge in [0, 0.05) is 63.8 Å². The number of guanidine groups is 1. The number of thioether (sulfide) groups is 1. The van der Waals surface area contributed by atoms with Crippen molar-refractivity contribution in [1.29, 1.82) is 0 Å². The smallest absolute Gasteiger partial charge is 0.191 e. The number of nitrogens with zero attached hydrogens (tertiary/aromatic N) is 3. The fourth-order valence-corrected chi connectivity index (χ4v) is 4.24. The van der Waals surface area contributed by atoms with Gasteiger partial charge in [-0.1, -0.05) is 12.1 Å². The van der Waals surface area contributed by atoms with Crippen molar-refractivity contribution in [1.82, 2.24) is 20.4 Å². The van der Waals surface area contributed by atoms with E-state index >= 15 is 0 Å². The molecule has 3 fully saturated rings. The fraction of sp³-hybridized carbons (Fsp3) is 0.611. The van der Waals surface area contributed by atoms with Gasteiger partial charge in [-0.25, -0.2) is 0 Å². The first-order valence-corrected chi connectivity index (χ1v) is 9.96. The average Bonchev–Trinajstić information content (AvgIpc) is 2.63. The summed E-state index contributed by atoms with van der Waals surface area (Å²) in [5.41, 5.74) is 2.63. The van der Waals surface area contributed by atoms with Crippen molar-refractivity contribution in [3.8, 4) is 0 Å². The lowest BCUT2D eigenvalue weighted by Crippen LogP contribution is -2.63. The molecule has 0 aromatic heterocycles. The number of aryl methyl sites for hydroxylation is 1. The van der Waals surface area contributed by atoms with Crippen LogP contribution in [0.3, 0.4) is 0 Å². The Bertz CT molecular complexity index is 587. The number of rotatable bonds is 5. The maximum Gasteiger partial charge on any atom is 0.191 e. The van der Waals surface area contributed by atoms with Crippen molar-refractivity contribution in [2.45, 2.75) is 24.4 Å². The number of piperazine rings is 3. The molecule has 4 rings (SSSR count). The summed E-state index contributed by atoms with van der Waals surface area (Å²) >= 11 is 1.80. The quantitative estimate of drug-likeness (QED) is 0.295. The van der Waals surface area contributed by atoms with Crippen LogP contribution in [0.1, 0.15) is 11.1 Å². The molecule has 1 aromatic carbocycles. The molecule has 2 bridgehead atoms. The molecule has 3 aliphatic rings. The summed E-state index contributed by atoms with van der Waals surface area (Å²) in [6, 6.07) is 7.24. The molecule has 1 atom stereocenters. The number of benzene rings is 1. The number of hydrogen-bond acceptors (Lipinski definition) is 4. The summed E-state index contributed by atoms with van der Waals surface area (Å²) in [4.78, 5) is 10.9. The molecule has 3 aliphatic heterocycles. The predicted molar refractivity (Wildman–Crippen MR) is 118 cm³/mol. The third kappa shape index (κ3) is 5.48. The minimum atomic E-state index is 0. The second-order valence-corrected chi connectivity index (χ2v) is 7.46. The Labute approximate surface area is 173 Å². The third-order valence-electron chi connectivity index (χ3n) is 5.01. The maximum absolute atomic E-state index is 4.38. The predicted octanol–water partition coefficient (Wildman–Crippen LogP) is 2.00. The van der Waals surface area contributed by atoms with E-state index in [1.165, 1.54) is 48.7 Å². The van der Waals surface area contributed by atoms with Gasteiger partial charge in [0.25, 0.3) is 0 Å². The molecule has 1 aromatic rings. The molecule has 0 amide bonds. The summed E-state index contributed by atoms with van der Waals surface area (Å²) in [5.74, 6) is 0.889. The van der Waals surface area contributed by atoms with E-state index in [2.05, 4.69) is 56.8 Å². The highest BCUT2D eigenvalue weighted by Crippen LogP contribution is 2.21. The number of hydrogen-bond donors (Lipinski definition) is 2. The highest BCUT2D eigenvalue weighted by Gasteiger charge is 2.31. The molecule has 0 saturated carbocycles. The zero-order valence-corrected chi connectivity index (χ0v) is 18.6. The van der Waals surface area contributed by atoms with E-state index in [0.717, 1.165) is 19.0 Å². The molecule has 0 aliphatic carbocycles. The number of fused-ring (bicyclic) bond motifs is 3. The van der Waals surface area contributed by atoms with Crippen LogP contribution in [0, 0.1) is 6.92 Å². The Morgan fingerprint density at radius 3 is 2.60 bits per heavy atom. The van der Waals surface area contributed by atoms with Crippen LogP contribution in [-0.2, 0) is 6.54 Å². The third-order valence-corrected chi connectivity index (χ3v) is 5.83. The normalized spacial score (nSPS) is 25.4. The van der Waals surface area contributed by atoms with Gasteiger partial charge in [0.1, 0.15) is 0 Å². The van der Waals surface area contributed by atoms with E-state index in [4.69, 9.17) is 0 Å². The summed E-state index contributed by atoms with van der Waals surface area (Å²) in [5, 5.41) is 6.96. The lowest BCUT2D eigenvalue weighted by Gasteiger charge is -2.47. The SMILES string of the molecule is CN=C(NCc1ccc(C)cc1SC)NCC1CN2CCN1CC2.I. The first-order valence-electron chi connectivity index (χ1n) is 8.74. The molecule has 0 radical (unpaired) electrons. The molecular weight excluding hydrogens is 445 g/mol. The summed E-state index contributed by atoms with van der Waals surface area (Å²) in [7, 11) is 1.84. The van der Waals surface area contributed by atoms with Crippen molar-refractivity contribution in [2.24, 2.45) is 4.99 Å². The zero-order chi connectivity index (χ0) is 16.9. The lowest BCUT2D eigenvalue weighted by atomic mass is 10.1. The summed E-state index contributed by atoms with van der Waals surface area (Å²) in [6.45, 7) is 9.95. The van der Waals surface area contributed by atoms with Crippen LogP contribution in [0.5, 0.6) is 0 Å². The lowest BCUT2D eigenvalue weighted by molar-refractivity contribution is 0.0154. The van der Waals surface area contributed by atoms with E-state index in [-0.39, 0.29) is 24.0 Å². The Morgan fingerprint density at radius 1 is 1.24 bits per heavy atom. The Morgan fingerprint density at radius 2 is 2.00 bits per heavy atom. The summed E-state index contributed by atoms with van der Waals surface area (Å²) < 4.78 is 0. The van der Waals surface area contributed by atoms with Gasteiger partial charge in [-0.05, 0) is 30.4 Å². The Kier molecular flexibility index (Phi) is 8.31. The van der Waals surface area contributed by atoms with Crippen molar-refractivity contribution >= 4 is 41.7 Å². The molecule has 3 saturated heterocycles. The molecule has 5 nitrogen and oxygen atoms in total. The van der Waals surface area contributed by atoms with Gasteiger partial charge in [-0.3, -0.25) is 14.8 Å². The fourth-order valence-electron chi connectivity index (χ4n) is 3.53. The van der Waals surface area contributed by atoms with Crippen LogP contribution >= 0.6 is 35.7 Å². The van der Waals surface area contributed by atoms with Crippen LogP contribution < -0.4 is 10.6 Å². The van der Waals surface area contributed by atoms with E-state index in [1.54, 1.807) is 11.8 Å². The molecule has 25 heavy (non-hydrogen) atoms. The largest absolute Gasteiger partial charge is 0.355 e. The van der Waals surface area contributed by atoms with Gasteiger partial charge in [-0.2, -0.15) is 0 Å². The maximum atomic E-state index is 4.38. The molecule has 0 spiro atoms. The molecule has 140 valence electrons. The van der Waals surface area contributed by atoms with E-state index in [1.807, 2.05) is 7.05 Å². The van der Waals surface area contributed by atoms with Crippen LogP contribution in [0.15, 0.2) is 28.1 Å². The average molecular weight is 475 g/mol. The van der Waals surface area contributed by atoms with Crippen molar-refractivity contribution in [2.75, 3.05) is 52.6 Å². The van der Waals surface area contributed by atoms with E-state index < -0.39 is 0 Å². The van der Waals surface area contributed by atoms with Gasteiger partial charge in [0.15, 0.2) is 5.96 Å². The molecule has 1 unspecified atom stereocenters. The minimum Gasteiger partial charge on any atom is -0.355 e. The molecule has 3 heterocycles. The number of nitrogens with one attached hydrogen (secondary N) is 2. The van der Waals surface area contributed by atoms with Crippen molar-refractivity contribution < 1.29 is 0 Å². The number of halogens is 1. The second kappa shape index (κ2) is 9.99. The van der Waals surface area contributed by atoms with Crippen LogP contribution in [-0.4, -0.2) is 74.4 Å². The first kappa shape index (κ1) is 20.8. The van der Waals surface area contributed by atoms with E-state index in [9.17, 15) is 0 Å².